The van der Waals surface area contributed by atoms with Gasteiger partial charge < -0.3 is 5.73 Å². The highest BCUT2D eigenvalue weighted by atomic mass is 35.5. The van der Waals surface area contributed by atoms with Crippen LogP contribution in [0.3, 0.4) is 0 Å². The Morgan fingerprint density at radius 2 is 1.73 bits per heavy atom. The van der Waals surface area contributed by atoms with Gasteiger partial charge >= 0.3 is 0 Å². The molecule has 0 spiro atoms. The van der Waals surface area contributed by atoms with Gasteiger partial charge in [-0.1, -0.05) is 30.3 Å². The highest BCUT2D eigenvalue weighted by Gasteiger charge is 2.11. The smallest absolute Gasteiger partial charge is 0.210 e. The molecule has 0 heterocycles. The minimum absolute atomic E-state index is 0. The van der Waals surface area contributed by atoms with Crippen molar-refractivity contribution in [2.45, 2.75) is 12.5 Å². The number of benzene rings is 1. The Morgan fingerprint density at radius 1 is 1.20 bits per heavy atom. The van der Waals surface area contributed by atoms with Crippen LogP contribution in [0.15, 0.2) is 30.3 Å². The molecule has 6 heteroatoms. The van der Waals surface area contributed by atoms with Crippen LogP contribution in [0.4, 0.5) is 0 Å². The number of nitrogens with two attached hydrogens (primary N) is 2. The molecule has 4 N–H and O–H groups in total. The summed E-state index contributed by atoms with van der Waals surface area (Å²) in [6.07, 6.45) is 0.525. The van der Waals surface area contributed by atoms with Gasteiger partial charge in [-0.15, -0.1) is 12.4 Å². The van der Waals surface area contributed by atoms with Crippen molar-refractivity contribution in [1.29, 1.82) is 0 Å². The fraction of sp³-hybridized carbons (Fsp3) is 0.333. The van der Waals surface area contributed by atoms with E-state index in [2.05, 4.69) is 0 Å². The Bertz CT molecular complexity index is 380. The lowest BCUT2D eigenvalue weighted by Gasteiger charge is -2.09. The standard InChI is InChI=1S/C9H14N2O2S.ClH/c10-9(7-14(11,12)13)6-8-4-2-1-3-5-8;/h1-5,9H,6-7,10H2,(H2,11,12,13);1H. The van der Waals surface area contributed by atoms with Crippen LogP contribution in [0, 0.1) is 0 Å². The summed E-state index contributed by atoms with van der Waals surface area (Å²) in [5.41, 5.74) is 6.65. The fourth-order valence-electron chi connectivity index (χ4n) is 1.27. The van der Waals surface area contributed by atoms with Gasteiger partial charge in [-0.05, 0) is 12.0 Å². The molecular formula is C9H15ClN2O2S. The molecule has 0 fully saturated rings. The Labute approximate surface area is 96.1 Å². The summed E-state index contributed by atoms with van der Waals surface area (Å²) < 4.78 is 21.5. The molecule has 15 heavy (non-hydrogen) atoms. The van der Waals surface area contributed by atoms with E-state index in [0.717, 1.165) is 5.56 Å². The van der Waals surface area contributed by atoms with Gasteiger partial charge in [0.25, 0.3) is 0 Å². The minimum Gasteiger partial charge on any atom is -0.326 e. The maximum atomic E-state index is 10.7. The largest absolute Gasteiger partial charge is 0.326 e. The van der Waals surface area contributed by atoms with Crippen LogP contribution in [0.2, 0.25) is 0 Å². The summed E-state index contributed by atoms with van der Waals surface area (Å²) in [5, 5.41) is 4.88. The SMILES string of the molecule is Cl.NC(Cc1ccccc1)CS(N)(=O)=O. The Morgan fingerprint density at radius 3 is 2.20 bits per heavy atom. The van der Waals surface area contributed by atoms with E-state index in [1.807, 2.05) is 30.3 Å². The molecule has 0 bridgehead atoms. The summed E-state index contributed by atoms with van der Waals surface area (Å²) in [5.74, 6) is -0.179. The molecule has 0 aromatic heterocycles. The molecule has 0 aliphatic rings. The van der Waals surface area contributed by atoms with Crippen molar-refractivity contribution in [2.24, 2.45) is 10.9 Å². The minimum atomic E-state index is -3.47. The van der Waals surface area contributed by atoms with Crippen LogP contribution in [0.1, 0.15) is 5.56 Å². The van der Waals surface area contributed by atoms with Gasteiger partial charge in [0.2, 0.25) is 10.0 Å². The van der Waals surface area contributed by atoms with Crippen molar-refractivity contribution in [3.05, 3.63) is 35.9 Å². The van der Waals surface area contributed by atoms with E-state index in [9.17, 15) is 8.42 Å². The molecule has 4 nitrogen and oxygen atoms in total. The van der Waals surface area contributed by atoms with Crippen LogP contribution in [0.25, 0.3) is 0 Å². The van der Waals surface area contributed by atoms with Crippen molar-refractivity contribution < 1.29 is 8.42 Å². The first-order valence-electron chi connectivity index (χ1n) is 4.27. The third-order valence-corrected chi connectivity index (χ3v) is 2.68. The number of halogens is 1. The summed E-state index contributed by atoms with van der Waals surface area (Å²) in [6.45, 7) is 0. The van der Waals surface area contributed by atoms with E-state index < -0.39 is 16.1 Å². The van der Waals surface area contributed by atoms with Gasteiger partial charge in [0.15, 0.2) is 0 Å². The van der Waals surface area contributed by atoms with Crippen molar-refractivity contribution in [3.63, 3.8) is 0 Å². The van der Waals surface area contributed by atoms with E-state index in [4.69, 9.17) is 10.9 Å². The number of primary sulfonamides is 1. The first kappa shape index (κ1) is 14.4. The van der Waals surface area contributed by atoms with Gasteiger partial charge in [0.1, 0.15) is 0 Å². The average molecular weight is 251 g/mol. The zero-order chi connectivity index (χ0) is 10.6. The lowest BCUT2D eigenvalue weighted by Crippen LogP contribution is -2.34. The van der Waals surface area contributed by atoms with Crippen molar-refractivity contribution in [2.75, 3.05) is 5.75 Å². The highest BCUT2D eigenvalue weighted by Crippen LogP contribution is 2.02. The predicted molar refractivity (Wildman–Crippen MR) is 63.3 cm³/mol. The summed E-state index contributed by atoms with van der Waals surface area (Å²) in [6, 6.07) is 9.05. The summed E-state index contributed by atoms with van der Waals surface area (Å²) in [7, 11) is -3.47. The van der Waals surface area contributed by atoms with E-state index in [1.54, 1.807) is 0 Å². The Hall–Kier alpha value is -0.620. The van der Waals surface area contributed by atoms with E-state index in [0.29, 0.717) is 6.42 Å². The topological polar surface area (TPSA) is 86.2 Å². The van der Waals surface area contributed by atoms with Gasteiger partial charge in [-0.2, -0.15) is 0 Å². The molecule has 1 rings (SSSR count). The lowest BCUT2D eigenvalue weighted by molar-refractivity contribution is 0.587. The first-order valence-corrected chi connectivity index (χ1v) is 5.99. The number of hydrogen-bond donors (Lipinski definition) is 2. The molecular weight excluding hydrogens is 236 g/mol. The maximum absolute atomic E-state index is 10.7. The van der Waals surface area contributed by atoms with Crippen LogP contribution in [-0.4, -0.2) is 20.2 Å². The van der Waals surface area contributed by atoms with Crippen LogP contribution < -0.4 is 10.9 Å². The summed E-state index contributed by atoms with van der Waals surface area (Å²) >= 11 is 0. The molecule has 1 unspecified atom stereocenters. The number of rotatable bonds is 4. The number of hydrogen-bond acceptors (Lipinski definition) is 3. The number of sulfonamides is 1. The van der Waals surface area contributed by atoms with Gasteiger partial charge in [-0.25, -0.2) is 13.6 Å². The Kier molecular flexibility index (Phi) is 5.82. The Balaban J connectivity index is 0.00000196. The van der Waals surface area contributed by atoms with E-state index >= 15 is 0 Å². The molecule has 1 aromatic rings. The van der Waals surface area contributed by atoms with Crippen LogP contribution in [-0.2, 0) is 16.4 Å². The highest BCUT2D eigenvalue weighted by molar-refractivity contribution is 7.89. The molecule has 1 atom stereocenters. The molecule has 0 aliphatic heterocycles. The zero-order valence-electron chi connectivity index (χ0n) is 8.17. The quantitative estimate of drug-likeness (QED) is 0.804. The average Bonchev–Trinajstić information content (AvgIpc) is 2.02. The second-order valence-electron chi connectivity index (χ2n) is 3.28. The van der Waals surface area contributed by atoms with Crippen molar-refractivity contribution in [3.8, 4) is 0 Å². The van der Waals surface area contributed by atoms with E-state index in [1.165, 1.54) is 0 Å². The monoisotopic (exact) mass is 250 g/mol. The summed E-state index contributed by atoms with van der Waals surface area (Å²) in [4.78, 5) is 0. The molecule has 0 radical (unpaired) electrons. The second kappa shape index (κ2) is 6.07. The van der Waals surface area contributed by atoms with Gasteiger partial charge in [-0.3, -0.25) is 0 Å². The molecule has 0 amide bonds. The molecule has 0 aliphatic carbocycles. The first-order chi connectivity index (χ1) is 6.47. The normalized spacial score (nSPS) is 12.9. The van der Waals surface area contributed by atoms with Crippen molar-refractivity contribution in [1.82, 2.24) is 0 Å². The van der Waals surface area contributed by atoms with Crippen molar-refractivity contribution >= 4 is 22.4 Å². The molecule has 1 aromatic carbocycles. The third kappa shape index (κ3) is 6.46. The van der Waals surface area contributed by atoms with E-state index in [-0.39, 0.29) is 18.2 Å². The maximum Gasteiger partial charge on any atom is 0.210 e. The third-order valence-electron chi connectivity index (χ3n) is 1.79. The van der Waals surface area contributed by atoms with Crippen LogP contribution in [0.5, 0.6) is 0 Å². The lowest BCUT2D eigenvalue weighted by atomic mass is 10.1. The molecule has 86 valence electrons. The fourth-order valence-corrected chi connectivity index (χ4v) is 1.99. The van der Waals surface area contributed by atoms with Crippen LogP contribution >= 0.6 is 12.4 Å². The molecule has 0 saturated heterocycles. The predicted octanol–water partition coefficient (Wildman–Crippen LogP) is 0.267. The second-order valence-corrected chi connectivity index (χ2v) is 4.94. The molecule has 0 saturated carbocycles. The zero-order valence-corrected chi connectivity index (χ0v) is 9.80. The van der Waals surface area contributed by atoms with Gasteiger partial charge in [0.05, 0.1) is 5.75 Å². The van der Waals surface area contributed by atoms with Gasteiger partial charge in [0, 0.05) is 6.04 Å².